The number of carbonyl (C=O) groups is 1. The quantitative estimate of drug-likeness (QED) is 0.852. The number of anilines is 1. The predicted molar refractivity (Wildman–Crippen MR) is 81.7 cm³/mol. The average molecular weight is 353 g/mol. The predicted octanol–water partition coefficient (Wildman–Crippen LogP) is 3.69. The number of hydrogen-bond donors (Lipinski definition) is 1. The van der Waals surface area contributed by atoms with Crippen LogP contribution < -0.4 is 5.32 Å². The number of aryl methyl sites for hydroxylation is 1. The van der Waals surface area contributed by atoms with Crippen LogP contribution in [0.3, 0.4) is 0 Å². The van der Waals surface area contributed by atoms with Crippen molar-refractivity contribution in [2.24, 2.45) is 0 Å². The number of halogens is 2. The minimum atomic E-state index is -0.426. The van der Waals surface area contributed by atoms with Crippen LogP contribution >= 0.6 is 15.9 Å². The van der Waals surface area contributed by atoms with E-state index < -0.39 is 5.97 Å². The number of ether oxygens (including phenoxy) is 1. The van der Waals surface area contributed by atoms with Crippen molar-refractivity contribution in [1.29, 1.82) is 0 Å². The van der Waals surface area contributed by atoms with Gasteiger partial charge in [0.2, 0.25) is 0 Å². The van der Waals surface area contributed by atoms with E-state index in [4.69, 9.17) is 0 Å². The SMILES string of the molecule is COC(=O)c1ccc(NCc2cc(Br)ccc2F)nc1C. The van der Waals surface area contributed by atoms with Gasteiger partial charge in [-0.1, -0.05) is 15.9 Å². The number of carbonyl (C=O) groups excluding carboxylic acids is 1. The molecular weight excluding hydrogens is 339 g/mol. The Labute approximate surface area is 130 Å². The fraction of sp³-hybridized carbons (Fsp3) is 0.200. The van der Waals surface area contributed by atoms with E-state index >= 15 is 0 Å². The maximum atomic E-state index is 13.6. The average Bonchev–Trinajstić information content (AvgIpc) is 2.47. The molecule has 0 aliphatic carbocycles. The third kappa shape index (κ3) is 3.78. The molecule has 1 heterocycles. The van der Waals surface area contributed by atoms with Gasteiger partial charge in [-0.15, -0.1) is 0 Å². The zero-order chi connectivity index (χ0) is 15.4. The highest BCUT2D eigenvalue weighted by atomic mass is 79.9. The zero-order valence-electron chi connectivity index (χ0n) is 11.6. The first kappa shape index (κ1) is 15.4. The van der Waals surface area contributed by atoms with Crippen LogP contribution in [0.15, 0.2) is 34.8 Å². The van der Waals surface area contributed by atoms with Crippen LogP contribution in [0.5, 0.6) is 0 Å². The molecule has 0 unspecified atom stereocenters. The van der Waals surface area contributed by atoms with Crippen LogP contribution in [0.1, 0.15) is 21.6 Å². The molecule has 21 heavy (non-hydrogen) atoms. The van der Waals surface area contributed by atoms with E-state index in [-0.39, 0.29) is 5.82 Å². The third-order valence-corrected chi connectivity index (χ3v) is 3.45. The standard InChI is InChI=1S/C15H14BrFN2O2/c1-9-12(15(20)21-2)4-6-14(19-9)18-8-10-7-11(16)3-5-13(10)17/h3-7H,8H2,1-2H3,(H,18,19). The molecule has 0 amide bonds. The van der Waals surface area contributed by atoms with Gasteiger partial charge in [0.15, 0.2) is 0 Å². The number of rotatable bonds is 4. The lowest BCUT2D eigenvalue weighted by molar-refractivity contribution is 0.0599. The van der Waals surface area contributed by atoms with Gasteiger partial charge in [-0.25, -0.2) is 14.2 Å². The summed E-state index contributed by atoms with van der Waals surface area (Å²) in [4.78, 5) is 15.7. The number of aromatic nitrogens is 1. The van der Waals surface area contributed by atoms with Crippen molar-refractivity contribution < 1.29 is 13.9 Å². The first-order valence-corrected chi connectivity index (χ1v) is 7.04. The van der Waals surface area contributed by atoms with Crippen molar-refractivity contribution in [2.45, 2.75) is 13.5 Å². The Balaban J connectivity index is 2.12. The normalized spacial score (nSPS) is 10.3. The molecule has 0 aliphatic rings. The van der Waals surface area contributed by atoms with E-state index in [1.807, 2.05) is 0 Å². The summed E-state index contributed by atoms with van der Waals surface area (Å²) in [7, 11) is 1.32. The molecule has 0 saturated heterocycles. The Bertz CT molecular complexity index is 677. The molecule has 110 valence electrons. The minimum Gasteiger partial charge on any atom is -0.465 e. The molecule has 0 spiro atoms. The second-order valence-electron chi connectivity index (χ2n) is 4.41. The van der Waals surface area contributed by atoms with Gasteiger partial charge in [-0.05, 0) is 37.3 Å². The summed E-state index contributed by atoms with van der Waals surface area (Å²) >= 11 is 3.31. The van der Waals surface area contributed by atoms with Gasteiger partial charge in [0.25, 0.3) is 0 Å². The number of hydrogen-bond acceptors (Lipinski definition) is 4. The summed E-state index contributed by atoms with van der Waals surface area (Å²) in [6.45, 7) is 2.02. The van der Waals surface area contributed by atoms with Crippen molar-refractivity contribution in [3.8, 4) is 0 Å². The Morgan fingerprint density at radius 2 is 2.14 bits per heavy atom. The van der Waals surface area contributed by atoms with E-state index in [0.717, 1.165) is 4.47 Å². The van der Waals surface area contributed by atoms with Crippen molar-refractivity contribution in [3.05, 3.63) is 57.4 Å². The van der Waals surface area contributed by atoms with Crippen LogP contribution in [0.2, 0.25) is 0 Å². The summed E-state index contributed by atoms with van der Waals surface area (Å²) in [5.41, 5.74) is 1.50. The first-order valence-electron chi connectivity index (χ1n) is 6.25. The second-order valence-corrected chi connectivity index (χ2v) is 5.33. The molecule has 0 aliphatic heterocycles. The molecule has 0 saturated carbocycles. The summed E-state index contributed by atoms with van der Waals surface area (Å²) in [5, 5.41) is 3.03. The first-order chi connectivity index (χ1) is 10.0. The van der Waals surface area contributed by atoms with Gasteiger partial charge in [0.1, 0.15) is 11.6 Å². The Hall–Kier alpha value is -1.95. The molecule has 1 aromatic carbocycles. The van der Waals surface area contributed by atoms with Gasteiger partial charge in [-0.2, -0.15) is 0 Å². The molecule has 0 fully saturated rings. The lowest BCUT2D eigenvalue weighted by Gasteiger charge is -2.09. The molecule has 0 atom stereocenters. The van der Waals surface area contributed by atoms with Crippen LogP contribution in [0.25, 0.3) is 0 Å². The number of esters is 1. The van der Waals surface area contributed by atoms with Crippen LogP contribution in [0.4, 0.5) is 10.2 Å². The van der Waals surface area contributed by atoms with Crippen molar-refractivity contribution in [3.63, 3.8) is 0 Å². The van der Waals surface area contributed by atoms with E-state index in [2.05, 4.69) is 31.0 Å². The Kier molecular flexibility index (Phi) is 4.90. The highest BCUT2D eigenvalue weighted by Crippen LogP contribution is 2.17. The summed E-state index contributed by atoms with van der Waals surface area (Å²) in [6.07, 6.45) is 0. The van der Waals surface area contributed by atoms with E-state index in [1.54, 1.807) is 31.2 Å². The number of benzene rings is 1. The van der Waals surface area contributed by atoms with Gasteiger partial charge in [0, 0.05) is 16.6 Å². The zero-order valence-corrected chi connectivity index (χ0v) is 13.2. The fourth-order valence-electron chi connectivity index (χ4n) is 1.85. The molecule has 2 aromatic rings. The van der Waals surface area contributed by atoms with E-state index in [1.165, 1.54) is 13.2 Å². The molecule has 2 rings (SSSR count). The molecule has 1 N–H and O–H groups in total. The monoisotopic (exact) mass is 352 g/mol. The summed E-state index contributed by atoms with van der Waals surface area (Å²) in [5.74, 6) is -0.141. The minimum absolute atomic E-state index is 0.284. The number of methoxy groups -OCH3 is 1. The van der Waals surface area contributed by atoms with Crippen molar-refractivity contribution in [1.82, 2.24) is 4.98 Å². The largest absolute Gasteiger partial charge is 0.465 e. The van der Waals surface area contributed by atoms with Gasteiger partial charge < -0.3 is 10.1 Å². The smallest absolute Gasteiger partial charge is 0.339 e. The number of pyridine rings is 1. The Morgan fingerprint density at radius 1 is 1.38 bits per heavy atom. The molecule has 0 bridgehead atoms. The van der Waals surface area contributed by atoms with Gasteiger partial charge in [-0.3, -0.25) is 0 Å². The van der Waals surface area contributed by atoms with Crippen LogP contribution in [-0.4, -0.2) is 18.1 Å². The van der Waals surface area contributed by atoms with Crippen molar-refractivity contribution in [2.75, 3.05) is 12.4 Å². The molecule has 1 aromatic heterocycles. The van der Waals surface area contributed by atoms with E-state index in [9.17, 15) is 9.18 Å². The highest BCUT2D eigenvalue weighted by molar-refractivity contribution is 9.10. The molecule has 0 radical (unpaired) electrons. The van der Waals surface area contributed by atoms with Gasteiger partial charge in [0.05, 0.1) is 18.4 Å². The Morgan fingerprint density at radius 3 is 2.81 bits per heavy atom. The summed E-state index contributed by atoms with van der Waals surface area (Å²) in [6, 6.07) is 8.05. The third-order valence-electron chi connectivity index (χ3n) is 2.96. The highest BCUT2D eigenvalue weighted by Gasteiger charge is 2.11. The maximum Gasteiger partial charge on any atom is 0.339 e. The maximum absolute atomic E-state index is 13.6. The molecule has 6 heteroatoms. The van der Waals surface area contributed by atoms with Gasteiger partial charge >= 0.3 is 5.97 Å². The lowest BCUT2D eigenvalue weighted by atomic mass is 10.2. The number of nitrogens with one attached hydrogen (secondary N) is 1. The molecule has 4 nitrogen and oxygen atoms in total. The second kappa shape index (κ2) is 6.67. The van der Waals surface area contributed by atoms with Crippen LogP contribution in [-0.2, 0) is 11.3 Å². The number of nitrogens with zero attached hydrogens (tertiary/aromatic N) is 1. The van der Waals surface area contributed by atoms with E-state index in [0.29, 0.717) is 29.2 Å². The van der Waals surface area contributed by atoms with Crippen molar-refractivity contribution >= 4 is 27.7 Å². The van der Waals surface area contributed by atoms with Crippen LogP contribution in [0, 0.1) is 12.7 Å². The fourth-order valence-corrected chi connectivity index (χ4v) is 2.26. The summed E-state index contributed by atoms with van der Waals surface area (Å²) < 4.78 is 19.1. The molecular formula is C15H14BrFN2O2. The lowest BCUT2D eigenvalue weighted by Crippen LogP contribution is -2.08. The topological polar surface area (TPSA) is 51.2 Å².